The number of carbonyl (C=O) groups is 2. The Kier molecular flexibility index (Phi) is 7.44. The number of rotatable bonds is 3. The van der Waals surface area contributed by atoms with Crippen molar-refractivity contribution in [3.63, 3.8) is 0 Å². The molecule has 1 saturated carbocycles. The summed E-state index contributed by atoms with van der Waals surface area (Å²) in [6.07, 6.45) is 0.0685. The lowest BCUT2D eigenvalue weighted by Gasteiger charge is -2.22. The fourth-order valence-electron chi connectivity index (χ4n) is 1.54. The molecule has 0 aromatic heterocycles. The molecule has 8 nitrogen and oxygen atoms in total. The van der Waals surface area contributed by atoms with Crippen molar-refractivity contribution in [3.8, 4) is 0 Å². The maximum absolute atomic E-state index is 9.77. The summed E-state index contributed by atoms with van der Waals surface area (Å²) < 4.78 is 0. The van der Waals surface area contributed by atoms with Gasteiger partial charge in [0.15, 0.2) is 12.2 Å². The first-order valence-corrected chi connectivity index (χ1v) is 5.58. The number of hydrogen-bond donors (Lipinski definition) is 6. The Balaban J connectivity index is 0.000000327. The van der Waals surface area contributed by atoms with E-state index in [2.05, 4.69) is 0 Å². The van der Waals surface area contributed by atoms with Crippen LogP contribution in [0.4, 0.5) is 0 Å². The number of aliphatic carboxylic acids is 2. The van der Waals surface area contributed by atoms with Gasteiger partial charge >= 0.3 is 11.9 Å². The lowest BCUT2D eigenvalue weighted by Crippen LogP contribution is -2.39. The van der Waals surface area contributed by atoms with E-state index in [1.165, 1.54) is 19.3 Å². The smallest absolute Gasteiger partial charge is 0.335 e. The molecule has 2 unspecified atom stereocenters. The maximum atomic E-state index is 9.77. The van der Waals surface area contributed by atoms with Gasteiger partial charge in [-0.3, -0.25) is 0 Å². The van der Waals surface area contributed by atoms with Crippen molar-refractivity contribution in [1.82, 2.24) is 0 Å². The van der Waals surface area contributed by atoms with Gasteiger partial charge in [0.25, 0.3) is 0 Å². The van der Waals surface area contributed by atoms with Gasteiger partial charge in [0.1, 0.15) is 0 Å². The van der Waals surface area contributed by atoms with E-state index in [1.807, 2.05) is 0 Å². The second-order valence-corrected chi connectivity index (χ2v) is 4.25. The third-order valence-electron chi connectivity index (χ3n) is 2.56. The van der Waals surface area contributed by atoms with E-state index >= 15 is 0 Å². The summed E-state index contributed by atoms with van der Waals surface area (Å²) in [5, 5.41) is 32.5. The first-order chi connectivity index (χ1) is 8.25. The van der Waals surface area contributed by atoms with Gasteiger partial charge in [-0.2, -0.15) is 0 Å². The summed E-state index contributed by atoms with van der Waals surface area (Å²) in [7, 11) is 0. The fourth-order valence-corrected chi connectivity index (χ4v) is 1.54. The van der Waals surface area contributed by atoms with Crippen molar-refractivity contribution in [2.45, 2.75) is 50.0 Å². The number of nitrogens with two attached hydrogens (primary N) is 2. The molecule has 1 fully saturated rings. The van der Waals surface area contributed by atoms with Gasteiger partial charge in [-0.25, -0.2) is 9.59 Å². The Labute approximate surface area is 104 Å². The lowest BCUT2D eigenvalue weighted by atomic mass is 9.92. The minimum Gasteiger partial charge on any atom is -0.479 e. The summed E-state index contributed by atoms with van der Waals surface area (Å²) in [4.78, 5) is 19.5. The minimum absolute atomic E-state index is 0.388. The van der Waals surface area contributed by atoms with E-state index in [4.69, 9.17) is 31.9 Å². The van der Waals surface area contributed by atoms with Gasteiger partial charge in [-0.1, -0.05) is 6.42 Å². The van der Waals surface area contributed by atoms with E-state index in [9.17, 15) is 9.59 Å². The zero-order chi connectivity index (χ0) is 14.3. The van der Waals surface area contributed by atoms with E-state index < -0.39 is 24.1 Å². The average Bonchev–Trinajstić information content (AvgIpc) is 2.27. The molecular weight excluding hydrogens is 244 g/mol. The number of aliphatic hydroxyl groups is 2. The van der Waals surface area contributed by atoms with Crippen LogP contribution >= 0.6 is 0 Å². The molecule has 106 valence electrons. The second kappa shape index (κ2) is 7.98. The van der Waals surface area contributed by atoms with E-state index in [0.717, 1.165) is 6.42 Å². The number of aliphatic hydroxyl groups excluding tert-OH is 2. The molecule has 0 aromatic rings. The molecule has 1 rings (SSSR count). The molecule has 0 saturated heterocycles. The SMILES string of the molecule is N[C@@H]1CCC[C@H](N)C1.O=C(O)C(O)C(O)C(=O)O. The highest BCUT2D eigenvalue weighted by atomic mass is 16.4. The van der Waals surface area contributed by atoms with Crippen LogP contribution in [0.15, 0.2) is 0 Å². The molecule has 0 spiro atoms. The van der Waals surface area contributed by atoms with Crippen molar-refractivity contribution < 1.29 is 30.0 Å². The van der Waals surface area contributed by atoms with Crippen LogP contribution in [0.25, 0.3) is 0 Å². The average molecular weight is 264 g/mol. The molecular formula is C10H20N2O6. The zero-order valence-corrected chi connectivity index (χ0v) is 9.90. The second-order valence-electron chi connectivity index (χ2n) is 4.25. The summed E-state index contributed by atoms with van der Waals surface area (Å²) in [5.41, 5.74) is 11.3. The third-order valence-corrected chi connectivity index (χ3v) is 2.56. The van der Waals surface area contributed by atoms with Crippen LogP contribution in [-0.4, -0.2) is 56.7 Å². The highest BCUT2D eigenvalue weighted by Gasteiger charge is 2.29. The molecule has 0 bridgehead atoms. The summed E-state index contributed by atoms with van der Waals surface area (Å²) >= 11 is 0. The van der Waals surface area contributed by atoms with Crippen LogP contribution in [0.2, 0.25) is 0 Å². The van der Waals surface area contributed by atoms with Crippen molar-refractivity contribution in [3.05, 3.63) is 0 Å². The highest BCUT2D eigenvalue weighted by Crippen LogP contribution is 2.14. The van der Waals surface area contributed by atoms with Crippen LogP contribution in [0.1, 0.15) is 25.7 Å². The summed E-state index contributed by atoms with van der Waals surface area (Å²) in [6.45, 7) is 0. The van der Waals surface area contributed by atoms with Gasteiger partial charge in [0, 0.05) is 12.1 Å². The molecule has 18 heavy (non-hydrogen) atoms. The summed E-state index contributed by atoms with van der Waals surface area (Å²) in [5.74, 6) is -3.54. The first-order valence-electron chi connectivity index (χ1n) is 5.58. The first kappa shape index (κ1) is 16.8. The van der Waals surface area contributed by atoms with Crippen molar-refractivity contribution in [1.29, 1.82) is 0 Å². The molecule has 0 heterocycles. The van der Waals surface area contributed by atoms with Crippen molar-refractivity contribution in [2.24, 2.45) is 11.5 Å². The Morgan fingerprint density at radius 1 is 0.944 bits per heavy atom. The summed E-state index contributed by atoms with van der Waals surface area (Å²) in [6, 6.07) is 0.775. The molecule has 1 aliphatic rings. The topological polar surface area (TPSA) is 167 Å². The largest absolute Gasteiger partial charge is 0.479 e. The van der Waals surface area contributed by atoms with Gasteiger partial charge in [0.2, 0.25) is 0 Å². The van der Waals surface area contributed by atoms with E-state index in [-0.39, 0.29) is 0 Å². The normalized spacial score (nSPS) is 26.4. The molecule has 0 aromatic carbocycles. The Morgan fingerprint density at radius 3 is 1.44 bits per heavy atom. The highest BCUT2D eigenvalue weighted by molar-refractivity contribution is 5.83. The zero-order valence-electron chi connectivity index (χ0n) is 9.90. The van der Waals surface area contributed by atoms with Crippen LogP contribution in [0, 0.1) is 0 Å². The van der Waals surface area contributed by atoms with E-state index in [0.29, 0.717) is 12.1 Å². The fraction of sp³-hybridized carbons (Fsp3) is 0.800. The Hall–Kier alpha value is -1.22. The predicted molar refractivity (Wildman–Crippen MR) is 61.7 cm³/mol. The molecule has 4 atom stereocenters. The molecule has 8 heteroatoms. The van der Waals surface area contributed by atoms with E-state index in [1.54, 1.807) is 0 Å². The van der Waals surface area contributed by atoms with Crippen LogP contribution in [-0.2, 0) is 9.59 Å². The molecule has 1 aliphatic carbocycles. The van der Waals surface area contributed by atoms with Crippen molar-refractivity contribution in [2.75, 3.05) is 0 Å². The number of carboxylic acids is 2. The predicted octanol–water partition coefficient (Wildman–Crippen LogP) is -1.91. The quantitative estimate of drug-likeness (QED) is 0.343. The Bertz CT molecular complexity index is 260. The number of carboxylic acid groups (broad SMARTS) is 2. The van der Waals surface area contributed by atoms with Gasteiger partial charge < -0.3 is 31.9 Å². The molecule has 8 N–H and O–H groups in total. The monoisotopic (exact) mass is 264 g/mol. The van der Waals surface area contributed by atoms with Crippen LogP contribution in [0.5, 0.6) is 0 Å². The minimum atomic E-state index is -2.27. The molecule has 0 aliphatic heterocycles. The molecule has 0 radical (unpaired) electrons. The van der Waals surface area contributed by atoms with Gasteiger partial charge in [-0.15, -0.1) is 0 Å². The van der Waals surface area contributed by atoms with Crippen molar-refractivity contribution >= 4 is 11.9 Å². The maximum Gasteiger partial charge on any atom is 0.335 e. The number of hydrogen-bond acceptors (Lipinski definition) is 6. The Morgan fingerprint density at radius 2 is 1.28 bits per heavy atom. The molecule has 0 amide bonds. The van der Waals surface area contributed by atoms with Crippen LogP contribution in [0.3, 0.4) is 0 Å². The van der Waals surface area contributed by atoms with Crippen LogP contribution < -0.4 is 11.5 Å². The van der Waals surface area contributed by atoms with Gasteiger partial charge in [-0.05, 0) is 19.3 Å². The lowest BCUT2D eigenvalue weighted by molar-refractivity contribution is -0.165. The standard InChI is InChI=1S/C6H14N2.C4H6O6/c7-5-2-1-3-6(8)4-5;5-1(3(7)8)2(6)4(9)10/h5-6H,1-4,7-8H2;1-2,5-6H,(H,7,8)(H,9,10)/t5-,6+;. The van der Waals surface area contributed by atoms with Gasteiger partial charge in [0.05, 0.1) is 0 Å². The third kappa shape index (κ3) is 6.50.